The first-order valence-electron chi connectivity index (χ1n) is 14.6. The molecule has 1 amide bonds. The Hall–Kier alpha value is -3.97. The van der Waals surface area contributed by atoms with E-state index in [1.807, 2.05) is 44.1 Å². The zero-order valence-electron chi connectivity index (χ0n) is 26.3. The number of fused-ring (bicyclic) bond motifs is 3. The third-order valence-corrected chi connectivity index (χ3v) is 11.1. The summed E-state index contributed by atoms with van der Waals surface area (Å²) in [6.45, 7) is 3.82. The van der Waals surface area contributed by atoms with Crippen molar-refractivity contribution in [1.82, 2.24) is 9.62 Å². The molecule has 0 saturated carbocycles. The van der Waals surface area contributed by atoms with Crippen LogP contribution in [0.25, 0.3) is 0 Å². The Balaban J connectivity index is 1.63. The van der Waals surface area contributed by atoms with Gasteiger partial charge in [-0.05, 0) is 87.5 Å². The average Bonchev–Trinajstić information content (AvgIpc) is 2.94. The number of nitrogens with two attached hydrogens (primary N) is 1. The first-order valence-corrected chi connectivity index (χ1v) is 16.3. The third kappa shape index (κ3) is 4.96. The number of primary amides is 1. The van der Waals surface area contributed by atoms with E-state index in [1.165, 1.54) is 0 Å². The highest BCUT2D eigenvalue weighted by molar-refractivity contribution is 7.98. The maximum absolute atomic E-state index is 14.4. The van der Waals surface area contributed by atoms with E-state index in [0.717, 1.165) is 16.8 Å². The van der Waals surface area contributed by atoms with Gasteiger partial charge in [-0.3, -0.25) is 19.3 Å². The van der Waals surface area contributed by atoms with Gasteiger partial charge < -0.3 is 26.0 Å². The number of carbonyl (C=O) groups excluding carboxylic acids is 3. The van der Waals surface area contributed by atoms with Crippen LogP contribution < -0.4 is 15.4 Å². The Kier molecular flexibility index (Phi) is 8.02. The summed E-state index contributed by atoms with van der Waals surface area (Å²) >= 11 is 0. The number of rotatable bonds is 7. The van der Waals surface area contributed by atoms with E-state index in [1.54, 1.807) is 38.1 Å². The number of anilines is 1. The lowest BCUT2D eigenvalue weighted by Gasteiger charge is -2.50. The number of allylic oxidation sites excluding steroid dienone is 1. The molecular formula is C33H40N4O7S. The summed E-state index contributed by atoms with van der Waals surface area (Å²) in [7, 11) is 4.04. The molecule has 2 aromatic rings. The lowest BCUT2D eigenvalue weighted by atomic mass is 9.58. The second kappa shape index (κ2) is 11.1. The van der Waals surface area contributed by atoms with Gasteiger partial charge in [0.15, 0.2) is 11.4 Å². The van der Waals surface area contributed by atoms with Crippen LogP contribution in [0.5, 0.6) is 0 Å². The van der Waals surface area contributed by atoms with Crippen molar-refractivity contribution in [2.45, 2.75) is 49.8 Å². The van der Waals surface area contributed by atoms with Crippen molar-refractivity contribution in [3.05, 3.63) is 80.8 Å². The highest BCUT2D eigenvalue weighted by Gasteiger charge is 2.63. The van der Waals surface area contributed by atoms with Crippen LogP contribution in [0.1, 0.15) is 39.0 Å². The molecule has 0 aromatic heterocycles. The number of ketones is 2. The van der Waals surface area contributed by atoms with Gasteiger partial charge >= 0.3 is 0 Å². The minimum Gasteiger partial charge on any atom is -0.510 e. The molecule has 45 heavy (non-hydrogen) atoms. The summed E-state index contributed by atoms with van der Waals surface area (Å²) < 4.78 is 16.6. The molecule has 5 atom stereocenters. The van der Waals surface area contributed by atoms with E-state index >= 15 is 0 Å². The van der Waals surface area contributed by atoms with Crippen molar-refractivity contribution >= 4 is 38.7 Å². The van der Waals surface area contributed by atoms with Crippen molar-refractivity contribution in [3.63, 3.8) is 0 Å². The molecule has 0 fully saturated rings. The molecule has 0 aliphatic heterocycles. The monoisotopic (exact) mass is 636 g/mol. The number of hydrogen-bond acceptors (Lipinski definition) is 9. The molecule has 0 radical (unpaired) electrons. The molecule has 3 aliphatic rings. The molecular weight excluding hydrogens is 596 g/mol. The van der Waals surface area contributed by atoms with E-state index in [0.29, 0.717) is 28.0 Å². The molecule has 3 aliphatic carbocycles. The Morgan fingerprint density at radius 2 is 1.76 bits per heavy atom. The quantitative estimate of drug-likeness (QED) is 0.225. The Bertz CT molecular complexity index is 1810. The maximum Gasteiger partial charge on any atom is 0.255 e. The zero-order valence-corrected chi connectivity index (χ0v) is 27.1. The standard InChI is InChI=1S/C33H40N4O7S/c1-16-8-10-20(11-9-16)45(7,44)35-15-19-14-23(36(3)4)21-12-18-13-22-27(37(5)6)29(39)26(32(34)42)31(41)33(22,43)30(40)25(18)28(38)24(21)17(19)2/h8-11,14,18,22,27,39-40,43H,7,12-13,15H2,1-6H3,(H2,34,42)(H,35,44)/t18-,22-,27?,33-,45?/m0/s1. The summed E-state index contributed by atoms with van der Waals surface area (Å²) in [5, 5.41) is 34.5. The molecule has 5 rings (SSSR count). The topological polar surface area (TPSA) is 174 Å². The predicted octanol–water partition coefficient (Wildman–Crippen LogP) is 1.88. The first-order chi connectivity index (χ1) is 20.9. The number of aliphatic hydroxyl groups excluding tert-OH is 2. The van der Waals surface area contributed by atoms with E-state index in [-0.39, 0.29) is 18.5 Å². The molecule has 6 N–H and O–H groups in total. The molecule has 12 heteroatoms. The summed E-state index contributed by atoms with van der Waals surface area (Å²) in [5.41, 5.74) is 6.02. The van der Waals surface area contributed by atoms with Gasteiger partial charge in [-0.1, -0.05) is 17.7 Å². The molecule has 0 bridgehead atoms. The number of aryl methyl sites for hydroxylation is 1. The smallest absolute Gasteiger partial charge is 0.255 e. The van der Waals surface area contributed by atoms with E-state index in [9.17, 15) is 33.9 Å². The molecule has 0 saturated heterocycles. The van der Waals surface area contributed by atoms with Crippen LogP contribution in [0.15, 0.2) is 57.9 Å². The normalized spacial score (nSPS) is 25.9. The van der Waals surface area contributed by atoms with Gasteiger partial charge in [0.2, 0.25) is 5.78 Å². The number of likely N-dealkylation sites (N-methyl/N-ethyl adjacent to an activating group) is 1. The molecule has 0 spiro atoms. The number of aliphatic hydroxyl groups is 3. The van der Waals surface area contributed by atoms with Crippen molar-refractivity contribution in [2.75, 3.05) is 33.1 Å². The second-order valence-electron chi connectivity index (χ2n) is 12.7. The Morgan fingerprint density at radius 1 is 1.13 bits per heavy atom. The van der Waals surface area contributed by atoms with Crippen LogP contribution in [-0.4, -0.2) is 87.6 Å². The van der Waals surface area contributed by atoms with Crippen molar-refractivity contribution < 1.29 is 33.9 Å². The Labute approximate surface area is 263 Å². The van der Waals surface area contributed by atoms with Crippen LogP contribution in [0.2, 0.25) is 0 Å². The van der Waals surface area contributed by atoms with Crippen LogP contribution in [0.3, 0.4) is 0 Å². The Morgan fingerprint density at radius 3 is 2.31 bits per heavy atom. The van der Waals surface area contributed by atoms with Crippen LogP contribution >= 0.6 is 0 Å². The number of carbonyl (C=O) groups is 3. The predicted molar refractivity (Wildman–Crippen MR) is 173 cm³/mol. The summed E-state index contributed by atoms with van der Waals surface area (Å²) in [6.07, 6.45) is 0.382. The SMILES string of the molecule is C=S(=O)(NCc1cc(N(C)C)c2c(c1C)C(=O)C1=C(O)[C@]3(O)C(=O)C(C(N)=O)=C(O)C(N(C)C)[C@@H]3C[C@@H]1C2)c1ccc(C)cc1. The van der Waals surface area contributed by atoms with Gasteiger partial charge in [0.05, 0.1) is 15.7 Å². The third-order valence-electron chi connectivity index (χ3n) is 9.47. The highest BCUT2D eigenvalue weighted by atomic mass is 32.2. The van der Waals surface area contributed by atoms with Crippen LogP contribution in [0, 0.1) is 25.7 Å². The van der Waals surface area contributed by atoms with E-state index in [2.05, 4.69) is 10.6 Å². The van der Waals surface area contributed by atoms with Gasteiger partial charge in [-0.15, -0.1) is 0 Å². The van der Waals surface area contributed by atoms with Crippen LogP contribution in [0.4, 0.5) is 5.69 Å². The number of hydrogen-bond donors (Lipinski definition) is 5. The first kappa shape index (κ1) is 32.4. The van der Waals surface area contributed by atoms with Gasteiger partial charge in [-0.25, -0.2) is 8.93 Å². The summed E-state index contributed by atoms with van der Waals surface area (Å²) in [6, 6.07) is 8.14. The molecule has 240 valence electrons. The van der Waals surface area contributed by atoms with Gasteiger partial charge in [-0.2, -0.15) is 0 Å². The van der Waals surface area contributed by atoms with Gasteiger partial charge in [0.25, 0.3) is 5.91 Å². The average molecular weight is 637 g/mol. The fourth-order valence-corrected chi connectivity index (χ4v) is 8.29. The molecule has 0 heterocycles. The second-order valence-corrected chi connectivity index (χ2v) is 14.8. The molecule has 2 aromatic carbocycles. The number of nitrogens with one attached hydrogen (secondary N) is 1. The van der Waals surface area contributed by atoms with E-state index in [4.69, 9.17) is 5.73 Å². The number of amides is 1. The summed E-state index contributed by atoms with van der Waals surface area (Å²) in [4.78, 5) is 44.2. The largest absolute Gasteiger partial charge is 0.510 e. The van der Waals surface area contributed by atoms with Gasteiger partial charge in [0, 0.05) is 48.3 Å². The lowest BCUT2D eigenvalue weighted by Crippen LogP contribution is -2.63. The molecule has 11 nitrogen and oxygen atoms in total. The number of Topliss-reactive ketones (excluding diaryl/α,β-unsaturated/α-hetero) is 2. The summed E-state index contributed by atoms with van der Waals surface area (Å²) in [5.74, 6) is -2.15. The fraction of sp³-hybridized carbons (Fsp3) is 0.394. The molecule has 2 unspecified atom stereocenters. The minimum absolute atomic E-state index is 0.0705. The number of benzene rings is 2. The lowest BCUT2D eigenvalue weighted by molar-refractivity contribution is -0.148. The van der Waals surface area contributed by atoms with Crippen LogP contribution in [-0.2, 0) is 32.3 Å². The highest BCUT2D eigenvalue weighted by Crippen LogP contribution is 2.52. The maximum atomic E-state index is 14.4. The van der Waals surface area contributed by atoms with Crippen molar-refractivity contribution in [1.29, 1.82) is 0 Å². The zero-order chi connectivity index (χ0) is 33.3. The van der Waals surface area contributed by atoms with Crippen molar-refractivity contribution in [2.24, 2.45) is 17.6 Å². The van der Waals surface area contributed by atoms with E-state index < -0.39 is 67.8 Å². The van der Waals surface area contributed by atoms with Crippen molar-refractivity contribution in [3.8, 4) is 0 Å². The number of nitrogens with zero attached hydrogens (tertiary/aromatic N) is 2. The fourth-order valence-electron chi connectivity index (χ4n) is 7.16. The van der Waals surface area contributed by atoms with Gasteiger partial charge in [0.1, 0.15) is 17.1 Å². The minimum atomic E-state index is -2.88.